The number of fused-ring (bicyclic) bond motifs is 5. The number of nitrogens with one attached hydrogen (secondary N) is 3. The van der Waals surface area contributed by atoms with Crippen molar-refractivity contribution in [3.8, 4) is 0 Å². The minimum absolute atomic E-state index is 0.159. The summed E-state index contributed by atoms with van der Waals surface area (Å²) in [5.74, 6) is 0.323. The molecule has 0 amide bonds. The first-order valence-electron chi connectivity index (χ1n) is 7.76. The zero-order valence-corrected chi connectivity index (χ0v) is 12.8. The molecule has 0 aromatic heterocycles. The average molecular weight is 283 g/mol. The number of carbonyl (C=O) groups is 1. The van der Waals surface area contributed by atoms with E-state index in [1.54, 1.807) is 0 Å². The van der Waals surface area contributed by atoms with Crippen LogP contribution in [0.2, 0.25) is 0 Å². The van der Waals surface area contributed by atoms with E-state index in [-0.39, 0.29) is 5.41 Å². The predicted octanol–water partition coefficient (Wildman–Crippen LogP) is 3.34. The molecule has 1 aromatic rings. The molecule has 1 aliphatic heterocycles. The van der Waals surface area contributed by atoms with Crippen LogP contribution in [0.3, 0.4) is 0 Å². The highest BCUT2D eigenvalue weighted by Crippen LogP contribution is 2.58. The van der Waals surface area contributed by atoms with Crippen LogP contribution >= 0.6 is 0 Å². The summed E-state index contributed by atoms with van der Waals surface area (Å²) in [5.41, 5.74) is 18.1. The number of ketones is 1. The van der Waals surface area contributed by atoms with Crippen LogP contribution in [0.25, 0.3) is 5.57 Å². The lowest BCUT2D eigenvalue weighted by Gasteiger charge is -2.34. The van der Waals surface area contributed by atoms with Gasteiger partial charge in [-0.25, -0.2) is 0 Å². The maximum atomic E-state index is 12.2. The molecular formula is C17H21N3O. The van der Waals surface area contributed by atoms with Crippen LogP contribution in [-0.4, -0.2) is 5.78 Å². The largest absolute Gasteiger partial charge is 0.302 e. The molecule has 1 atom stereocenters. The average Bonchev–Trinajstić information content (AvgIpc) is 3.07. The van der Waals surface area contributed by atoms with Gasteiger partial charge in [-0.3, -0.25) is 4.79 Å². The zero-order chi connectivity index (χ0) is 14.8. The standard InChI is InChI=1S/C17H21N3O/c1-4-17-6-5-13(21)10(3)14(17)11-7-9(2)15-16(12(11)8-17)19-20-18-15/h7,18-20H,4-6,8H2,1-3H3. The smallest absolute Gasteiger partial charge is 0.158 e. The molecule has 21 heavy (non-hydrogen) atoms. The van der Waals surface area contributed by atoms with Gasteiger partial charge in [-0.15, -0.1) is 5.53 Å². The first-order chi connectivity index (χ1) is 10.1. The third-order valence-electron chi connectivity index (χ3n) is 5.62. The van der Waals surface area contributed by atoms with Crippen LogP contribution in [0.15, 0.2) is 11.6 Å². The Labute approximate surface area is 124 Å². The number of benzene rings is 1. The van der Waals surface area contributed by atoms with Crippen LogP contribution < -0.4 is 16.4 Å². The Kier molecular flexibility index (Phi) is 2.52. The van der Waals surface area contributed by atoms with Crippen LogP contribution in [0, 0.1) is 12.3 Å². The molecule has 1 heterocycles. The Hall–Kier alpha value is -1.81. The molecule has 2 aliphatic carbocycles. The molecule has 1 aromatic carbocycles. The highest BCUT2D eigenvalue weighted by Gasteiger charge is 2.46. The second-order valence-electron chi connectivity index (χ2n) is 6.58. The van der Waals surface area contributed by atoms with E-state index in [1.807, 2.05) is 6.92 Å². The Morgan fingerprint density at radius 2 is 2.00 bits per heavy atom. The van der Waals surface area contributed by atoms with Gasteiger partial charge in [0.15, 0.2) is 5.78 Å². The zero-order valence-electron chi connectivity index (χ0n) is 12.8. The van der Waals surface area contributed by atoms with E-state index in [1.165, 1.54) is 28.0 Å². The van der Waals surface area contributed by atoms with E-state index in [4.69, 9.17) is 0 Å². The third-order valence-corrected chi connectivity index (χ3v) is 5.62. The number of aryl methyl sites for hydroxylation is 1. The molecule has 0 saturated carbocycles. The fraction of sp³-hybridized carbons (Fsp3) is 0.471. The number of hydrogen-bond acceptors (Lipinski definition) is 4. The van der Waals surface area contributed by atoms with E-state index >= 15 is 0 Å². The first-order valence-corrected chi connectivity index (χ1v) is 7.76. The Balaban J connectivity index is 2.02. The number of rotatable bonds is 1. The third kappa shape index (κ3) is 1.51. The molecule has 0 fully saturated rings. The van der Waals surface area contributed by atoms with Crippen molar-refractivity contribution < 1.29 is 4.79 Å². The monoisotopic (exact) mass is 283 g/mol. The molecule has 3 aliphatic rings. The van der Waals surface area contributed by atoms with Gasteiger partial charge < -0.3 is 10.9 Å². The number of allylic oxidation sites excluding steroid dienone is 2. The Morgan fingerprint density at radius 3 is 2.76 bits per heavy atom. The van der Waals surface area contributed by atoms with E-state index in [0.717, 1.165) is 30.5 Å². The van der Waals surface area contributed by atoms with Crippen molar-refractivity contribution in [2.45, 2.75) is 46.5 Å². The normalized spacial score (nSPS) is 26.1. The van der Waals surface area contributed by atoms with Crippen molar-refractivity contribution in [3.05, 3.63) is 28.3 Å². The second kappa shape index (κ2) is 4.10. The van der Waals surface area contributed by atoms with Crippen molar-refractivity contribution >= 4 is 22.7 Å². The van der Waals surface area contributed by atoms with Gasteiger partial charge >= 0.3 is 0 Å². The highest BCUT2D eigenvalue weighted by molar-refractivity contribution is 6.07. The van der Waals surface area contributed by atoms with Gasteiger partial charge in [-0.2, -0.15) is 0 Å². The predicted molar refractivity (Wildman–Crippen MR) is 84.8 cm³/mol. The first kappa shape index (κ1) is 12.9. The van der Waals surface area contributed by atoms with Crippen LogP contribution in [0.1, 0.15) is 49.8 Å². The Morgan fingerprint density at radius 1 is 1.24 bits per heavy atom. The number of Topliss-reactive ketones (excluding diaryl/α,β-unsaturated/α-hetero) is 1. The summed E-state index contributed by atoms with van der Waals surface area (Å²) in [7, 11) is 0. The van der Waals surface area contributed by atoms with E-state index in [0.29, 0.717) is 12.2 Å². The molecule has 0 spiro atoms. The van der Waals surface area contributed by atoms with Crippen molar-refractivity contribution in [2.24, 2.45) is 5.41 Å². The second-order valence-corrected chi connectivity index (χ2v) is 6.58. The molecule has 0 saturated heterocycles. The number of hydrazine groups is 2. The molecule has 0 radical (unpaired) electrons. The summed E-state index contributed by atoms with van der Waals surface area (Å²) in [4.78, 5) is 12.2. The number of carbonyl (C=O) groups excluding carboxylic acids is 1. The van der Waals surface area contributed by atoms with Crippen molar-refractivity contribution in [2.75, 3.05) is 10.9 Å². The minimum atomic E-state index is 0.159. The summed E-state index contributed by atoms with van der Waals surface area (Å²) in [6.07, 6.45) is 3.81. The molecular weight excluding hydrogens is 262 g/mol. The highest BCUT2D eigenvalue weighted by atomic mass is 16.1. The van der Waals surface area contributed by atoms with Crippen LogP contribution in [-0.2, 0) is 11.2 Å². The molecule has 0 bridgehead atoms. The minimum Gasteiger partial charge on any atom is -0.302 e. The van der Waals surface area contributed by atoms with Crippen LogP contribution in [0.5, 0.6) is 0 Å². The summed E-state index contributed by atoms with van der Waals surface area (Å²) < 4.78 is 0. The lowest BCUT2D eigenvalue weighted by Crippen LogP contribution is -2.27. The molecule has 110 valence electrons. The van der Waals surface area contributed by atoms with Crippen molar-refractivity contribution in [3.63, 3.8) is 0 Å². The quantitative estimate of drug-likeness (QED) is 0.740. The summed E-state index contributed by atoms with van der Waals surface area (Å²) >= 11 is 0. The molecule has 1 unspecified atom stereocenters. The van der Waals surface area contributed by atoms with E-state index in [9.17, 15) is 4.79 Å². The van der Waals surface area contributed by atoms with Crippen molar-refractivity contribution in [1.82, 2.24) is 5.53 Å². The molecule has 4 rings (SSSR count). The molecule has 4 heteroatoms. The van der Waals surface area contributed by atoms with Gasteiger partial charge in [0.1, 0.15) is 0 Å². The maximum Gasteiger partial charge on any atom is 0.158 e. The summed E-state index contributed by atoms with van der Waals surface area (Å²) in [6, 6.07) is 2.25. The van der Waals surface area contributed by atoms with Gasteiger partial charge in [0.2, 0.25) is 0 Å². The Bertz CT molecular complexity index is 704. The SMILES string of the molecule is CCC12CCC(=O)C(C)=C1c1cc(C)c3c(c1C2)NNN3. The molecule has 3 N–H and O–H groups in total. The van der Waals surface area contributed by atoms with Gasteiger partial charge in [0.05, 0.1) is 11.4 Å². The number of anilines is 2. The maximum absolute atomic E-state index is 12.2. The molecule has 4 nitrogen and oxygen atoms in total. The van der Waals surface area contributed by atoms with E-state index in [2.05, 4.69) is 36.3 Å². The van der Waals surface area contributed by atoms with Gasteiger partial charge in [-0.1, -0.05) is 6.92 Å². The van der Waals surface area contributed by atoms with Crippen LogP contribution in [0.4, 0.5) is 11.4 Å². The van der Waals surface area contributed by atoms with Crippen molar-refractivity contribution in [1.29, 1.82) is 0 Å². The van der Waals surface area contributed by atoms with Gasteiger partial charge in [-0.05, 0) is 67.0 Å². The van der Waals surface area contributed by atoms with E-state index < -0.39 is 0 Å². The topological polar surface area (TPSA) is 53.2 Å². The van der Waals surface area contributed by atoms with Gasteiger partial charge in [0.25, 0.3) is 0 Å². The summed E-state index contributed by atoms with van der Waals surface area (Å²) in [5, 5.41) is 0. The van der Waals surface area contributed by atoms with Gasteiger partial charge in [0, 0.05) is 11.8 Å². The lowest BCUT2D eigenvalue weighted by molar-refractivity contribution is -0.116. The fourth-order valence-corrected chi connectivity index (χ4v) is 4.40. The fourth-order valence-electron chi connectivity index (χ4n) is 4.40. The lowest BCUT2D eigenvalue weighted by atomic mass is 9.68. The number of hydrogen-bond donors (Lipinski definition) is 3. The summed E-state index contributed by atoms with van der Waals surface area (Å²) in [6.45, 7) is 6.39.